The van der Waals surface area contributed by atoms with Gasteiger partial charge in [0, 0.05) is 25.0 Å². The lowest BCUT2D eigenvalue weighted by Crippen LogP contribution is -2.57. The molecule has 1 aliphatic rings. The van der Waals surface area contributed by atoms with Crippen LogP contribution >= 0.6 is 0 Å². The van der Waals surface area contributed by atoms with E-state index in [1.165, 1.54) is 0 Å². The Bertz CT molecular complexity index is 1170. The Morgan fingerprint density at radius 1 is 1.02 bits per heavy atom. The maximum atomic E-state index is 13.2. The SMILES string of the molecule is NCCCC[C@@H]1NC(=O)[C@H](CCC(=O)O)NC(=O)c2cc([N+](=O)[O-])ccc2OCC[C@H](C(=O)NCC(=O)O)NC1=O. The van der Waals surface area contributed by atoms with Crippen molar-refractivity contribution in [3.63, 3.8) is 0 Å². The second kappa shape index (κ2) is 15.7. The van der Waals surface area contributed by atoms with E-state index in [0.29, 0.717) is 19.4 Å². The van der Waals surface area contributed by atoms with Gasteiger partial charge in [-0.2, -0.15) is 0 Å². The summed E-state index contributed by atoms with van der Waals surface area (Å²) in [5, 5.41) is 38.8. The van der Waals surface area contributed by atoms with Gasteiger partial charge in [0.15, 0.2) is 0 Å². The van der Waals surface area contributed by atoms with E-state index in [9.17, 15) is 38.9 Å². The molecule has 0 saturated carbocycles. The normalized spacial score (nSPS) is 19.7. The van der Waals surface area contributed by atoms with Gasteiger partial charge in [0.05, 0.1) is 17.1 Å². The van der Waals surface area contributed by atoms with E-state index in [2.05, 4.69) is 21.3 Å². The minimum Gasteiger partial charge on any atom is -0.493 e. The van der Waals surface area contributed by atoms with Crippen molar-refractivity contribution in [1.29, 1.82) is 0 Å². The number of nitrogens with zero attached hydrogens (tertiary/aromatic N) is 1. The van der Waals surface area contributed by atoms with Crippen molar-refractivity contribution in [2.24, 2.45) is 5.73 Å². The van der Waals surface area contributed by atoms with E-state index in [1.807, 2.05) is 0 Å². The van der Waals surface area contributed by atoms with Crippen LogP contribution < -0.4 is 31.7 Å². The molecule has 0 unspecified atom stereocenters. The summed E-state index contributed by atoms with van der Waals surface area (Å²) < 4.78 is 5.61. The third kappa shape index (κ3) is 10.4. The van der Waals surface area contributed by atoms with Gasteiger partial charge in [0.1, 0.15) is 30.4 Å². The van der Waals surface area contributed by atoms with Crippen LogP contribution in [-0.4, -0.2) is 88.5 Å². The minimum absolute atomic E-state index is 0.0728. The van der Waals surface area contributed by atoms with Gasteiger partial charge in [-0.25, -0.2) is 0 Å². The van der Waals surface area contributed by atoms with Crippen LogP contribution in [0.3, 0.4) is 0 Å². The van der Waals surface area contributed by atoms with Crippen molar-refractivity contribution < 1.29 is 48.6 Å². The third-order valence-electron chi connectivity index (χ3n) is 5.98. The molecule has 1 aromatic carbocycles. The lowest BCUT2D eigenvalue weighted by atomic mass is 10.0. The molecule has 17 heteroatoms. The Kier molecular flexibility index (Phi) is 12.4. The van der Waals surface area contributed by atoms with Gasteiger partial charge >= 0.3 is 11.9 Å². The summed E-state index contributed by atoms with van der Waals surface area (Å²) in [7, 11) is 0. The van der Waals surface area contributed by atoms with E-state index in [0.717, 1.165) is 18.2 Å². The highest BCUT2D eigenvalue weighted by molar-refractivity contribution is 6.01. The number of non-ortho nitro benzene ring substituents is 1. The quantitative estimate of drug-likeness (QED) is 0.0908. The molecule has 4 amide bonds. The van der Waals surface area contributed by atoms with Gasteiger partial charge < -0.3 is 42.0 Å². The Morgan fingerprint density at radius 2 is 1.71 bits per heavy atom. The first-order valence-electron chi connectivity index (χ1n) is 12.7. The maximum Gasteiger partial charge on any atom is 0.322 e. The Balaban J connectivity index is 2.51. The number of hydrogen-bond acceptors (Lipinski definition) is 10. The number of carboxylic acid groups (broad SMARTS) is 2. The summed E-state index contributed by atoms with van der Waals surface area (Å²) in [5.74, 6) is -6.29. The number of nitrogens with one attached hydrogen (secondary N) is 4. The first-order valence-corrected chi connectivity index (χ1v) is 12.7. The Morgan fingerprint density at radius 3 is 2.34 bits per heavy atom. The molecule has 8 N–H and O–H groups in total. The second-order valence-electron chi connectivity index (χ2n) is 9.05. The van der Waals surface area contributed by atoms with Gasteiger partial charge in [-0.3, -0.25) is 38.9 Å². The fourth-order valence-corrected chi connectivity index (χ4v) is 3.86. The molecule has 0 radical (unpaired) electrons. The van der Waals surface area contributed by atoms with E-state index in [-0.39, 0.29) is 37.2 Å². The predicted molar refractivity (Wildman–Crippen MR) is 139 cm³/mol. The van der Waals surface area contributed by atoms with Crippen LogP contribution in [0.5, 0.6) is 5.75 Å². The van der Waals surface area contributed by atoms with Crippen LogP contribution in [0.15, 0.2) is 18.2 Å². The van der Waals surface area contributed by atoms with Gasteiger partial charge in [-0.15, -0.1) is 0 Å². The number of nitrogens with two attached hydrogens (primary N) is 1. The molecule has 1 aromatic rings. The van der Waals surface area contributed by atoms with E-state index in [4.69, 9.17) is 20.7 Å². The molecule has 0 bridgehead atoms. The predicted octanol–water partition coefficient (Wildman–Crippen LogP) is -1.36. The topological polar surface area (TPSA) is 269 Å². The van der Waals surface area contributed by atoms with Crippen molar-refractivity contribution in [3.05, 3.63) is 33.9 Å². The number of fused-ring (bicyclic) bond motifs is 1. The monoisotopic (exact) mass is 580 g/mol. The molecule has 2 rings (SSSR count). The molecule has 17 nitrogen and oxygen atoms in total. The number of nitro benzene ring substituents is 1. The fourth-order valence-electron chi connectivity index (χ4n) is 3.86. The lowest BCUT2D eigenvalue weighted by molar-refractivity contribution is -0.384. The van der Waals surface area contributed by atoms with Crippen molar-refractivity contribution in [3.8, 4) is 5.75 Å². The van der Waals surface area contributed by atoms with Crippen molar-refractivity contribution in [2.75, 3.05) is 19.7 Å². The smallest absolute Gasteiger partial charge is 0.322 e. The highest BCUT2D eigenvalue weighted by Crippen LogP contribution is 2.25. The number of aliphatic carboxylic acids is 2. The largest absolute Gasteiger partial charge is 0.493 e. The van der Waals surface area contributed by atoms with Crippen molar-refractivity contribution in [1.82, 2.24) is 21.3 Å². The number of nitro groups is 1. The van der Waals surface area contributed by atoms with Crippen LogP contribution in [0, 0.1) is 10.1 Å². The van der Waals surface area contributed by atoms with E-state index < -0.39 is 77.3 Å². The maximum absolute atomic E-state index is 13.2. The van der Waals surface area contributed by atoms with Crippen LogP contribution in [0.25, 0.3) is 0 Å². The zero-order valence-corrected chi connectivity index (χ0v) is 21.9. The minimum atomic E-state index is -1.46. The van der Waals surface area contributed by atoms with Gasteiger partial charge in [0.2, 0.25) is 17.7 Å². The number of unbranched alkanes of at least 4 members (excludes halogenated alkanes) is 1. The molecule has 0 fully saturated rings. The second-order valence-corrected chi connectivity index (χ2v) is 9.05. The van der Waals surface area contributed by atoms with Crippen LogP contribution in [0.1, 0.15) is 48.9 Å². The van der Waals surface area contributed by atoms with Crippen LogP contribution in [0.4, 0.5) is 5.69 Å². The van der Waals surface area contributed by atoms with Gasteiger partial charge in [-0.05, 0) is 38.3 Å². The first-order chi connectivity index (χ1) is 19.4. The average molecular weight is 581 g/mol. The molecule has 0 aliphatic carbocycles. The average Bonchev–Trinajstić information content (AvgIpc) is 2.91. The molecule has 1 aliphatic heterocycles. The van der Waals surface area contributed by atoms with Crippen LogP contribution in [-0.2, 0) is 24.0 Å². The Hall–Kier alpha value is -4.80. The number of hydrogen-bond donors (Lipinski definition) is 7. The van der Waals surface area contributed by atoms with Crippen LogP contribution in [0.2, 0.25) is 0 Å². The standard InChI is InChI=1S/C24H32N6O11/c25-9-2-1-3-15-23(37)29-17(22(36)26-12-20(33)34)8-10-41-18-6-4-13(30(39)40)11-14(18)21(35)27-16(24(38)28-15)5-7-19(31)32/h4,6,11,15-17H,1-3,5,7-10,12,25H2,(H,26,36)(H,27,35)(H,28,38)(H,29,37)(H,31,32)(H,33,34)/t15-,16-,17+/m0/s1. The summed E-state index contributed by atoms with van der Waals surface area (Å²) in [4.78, 5) is 84.9. The number of amides is 4. The van der Waals surface area contributed by atoms with Crippen molar-refractivity contribution >= 4 is 41.3 Å². The highest BCUT2D eigenvalue weighted by Gasteiger charge is 2.31. The van der Waals surface area contributed by atoms with E-state index in [1.54, 1.807) is 0 Å². The third-order valence-corrected chi connectivity index (χ3v) is 5.98. The summed E-state index contributed by atoms with van der Waals surface area (Å²) in [6.45, 7) is -0.737. The molecule has 41 heavy (non-hydrogen) atoms. The molecule has 0 saturated heterocycles. The molecule has 3 atom stereocenters. The number of rotatable bonds is 11. The zero-order valence-electron chi connectivity index (χ0n) is 21.9. The Labute approximate surface area is 233 Å². The number of carboxylic acids is 2. The highest BCUT2D eigenvalue weighted by atomic mass is 16.6. The molecule has 0 aromatic heterocycles. The zero-order chi connectivity index (χ0) is 30.5. The number of carbonyl (C=O) groups excluding carboxylic acids is 4. The summed E-state index contributed by atoms with van der Waals surface area (Å²) in [6, 6.07) is -0.905. The van der Waals surface area contributed by atoms with Gasteiger partial charge in [-0.1, -0.05) is 0 Å². The first kappa shape index (κ1) is 32.4. The molecule has 224 valence electrons. The van der Waals surface area contributed by atoms with Gasteiger partial charge in [0.25, 0.3) is 11.6 Å². The molecular formula is C24H32N6O11. The summed E-state index contributed by atoms with van der Waals surface area (Å²) in [6.07, 6.45) is -0.174. The van der Waals surface area contributed by atoms with Crippen molar-refractivity contribution in [2.45, 2.75) is 56.7 Å². The van der Waals surface area contributed by atoms with E-state index >= 15 is 0 Å². The molecule has 1 heterocycles. The number of benzene rings is 1. The lowest BCUT2D eigenvalue weighted by Gasteiger charge is -2.26. The number of carbonyl (C=O) groups is 6. The summed E-state index contributed by atoms with van der Waals surface area (Å²) >= 11 is 0. The summed E-state index contributed by atoms with van der Waals surface area (Å²) in [5.41, 5.74) is 4.72. The molecule has 0 spiro atoms. The molecular weight excluding hydrogens is 548 g/mol. The fraction of sp³-hybridized carbons (Fsp3) is 0.500. The number of ether oxygens (including phenoxy) is 1.